The Labute approximate surface area is 254 Å². The van der Waals surface area contributed by atoms with E-state index in [1.807, 2.05) is 103 Å². The van der Waals surface area contributed by atoms with Gasteiger partial charge in [-0.05, 0) is 48.8 Å². The van der Waals surface area contributed by atoms with E-state index < -0.39 is 17.9 Å². The molecule has 232 valence electrons. The molecule has 3 aromatic rings. The third-order valence-electron chi connectivity index (χ3n) is 6.15. The fourth-order valence-corrected chi connectivity index (χ4v) is 3.90. The molecule has 3 rings (SSSR count). The third kappa shape index (κ3) is 21.1. The normalized spacial score (nSPS) is 12.5. The van der Waals surface area contributed by atoms with Gasteiger partial charge < -0.3 is 32.5 Å². The van der Waals surface area contributed by atoms with Gasteiger partial charge in [-0.1, -0.05) is 103 Å². The van der Waals surface area contributed by atoms with E-state index in [9.17, 15) is 14.4 Å². The summed E-state index contributed by atoms with van der Waals surface area (Å²) >= 11 is 0. The lowest BCUT2D eigenvalue weighted by molar-refractivity contribution is -0.138. The van der Waals surface area contributed by atoms with Crippen LogP contribution in [-0.2, 0) is 27.2 Å². The Morgan fingerprint density at radius 2 is 0.907 bits per heavy atom. The maximum Gasteiger partial charge on any atom is 0.304 e. The molecule has 9 heteroatoms. The summed E-state index contributed by atoms with van der Waals surface area (Å²) in [6, 6.07) is 28.9. The molecule has 0 bridgehead atoms. The highest BCUT2D eigenvalue weighted by Gasteiger charge is 2.08. The summed E-state index contributed by atoms with van der Waals surface area (Å²) in [6.07, 6.45) is 7.67. The second-order valence-electron chi connectivity index (χ2n) is 10.2. The second-order valence-corrected chi connectivity index (χ2v) is 10.2. The van der Waals surface area contributed by atoms with Gasteiger partial charge in [0, 0.05) is 18.1 Å². The number of aryl methyl sites for hydroxylation is 2. The summed E-state index contributed by atoms with van der Waals surface area (Å²) in [5, 5.41) is 25.5. The average Bonchev–Trinajstić information content (AvgIpc) is 2.96. The van der Waals surface area contributed by atoms with Crippen molar-refractivity contribution in [3.05, 3.63) is 114 Å². The number of aliphatic carboxylic acids is 3. The fraction of sp³-hybridized carbons (Fsp3) is 0.324. The van der Waals surface area contributed by atoms with Gasteiger partial charge in [0.25, 0.3) is 0 Å². The summed E-state index contributed by atoms with van der Waals surface area (Å²) in [6.45, 7) is 0. The topological polar surface area (TPSA) is 190 Å². The predicted molar refractivity (Wildman–Crippen MR) is 170 cm³/mol. The molecule has 9 N–H and O–H groups in total. The van der Waals surface area contributed by atoms with Crippen LogP contribution in [0.2, 0.25) is 0 Å². The number of carboxylic acids is 3. The highest BCUT2D eigenvalue weighted by atomic mass is 16.4. The zero-order valence-corrected chi connectivity index (χ0v) is 24.5. The van der Waals surface area contributed by atoms with Crippen molar-refractivity contribution in [1.29, 1.82) is 0 Å². The number of carbonyl (C=O) groups is 3. The Balaban J connectivity index is 0.000000323. The van der Waals surface area contributed by atoms with Crippen molar-refractivity contribution < 1.29 is 29.7 Å². The van der Waals surface area contributed by atoms with Gasteiger partial charge in [0.15, 0.2) is 0 Å². The molecule has 0 aliphatic heterocycles. The molecule has 9 nitrogen and oxygen atoms in total. The first kappa shape index (κ1) is 36.7. The third-order valence-corrected chi connectivity index (χ3v) is 6.15. The minimum absolute atomic E-state index is 0.0130. The molecule has 0 saturated carbocycles. The first-order valence-electron chi connectivity index (χ1n) is 14.3. The molecule has 43 heavy (non-hydrogen) atoms. The molecule has 3 aromatic carbocycles. The summed E-state index contributed by atoms with van der Waals surface area (Å²) in [7, 11) is 0. The van der Waals surface area contributed by atoms with Gasteiger partial charge in [-0.15, -0.1) is 0 Å². The Bertz CT molecular complexity index is 1150. The minimum Gasteiger partial charge on any atom is -0.481 e. The molecule has 0 aromatic heterocycles. The highest BCUT2D eigenvalue weighted by molar-refractivity contribution is 5.68. The molecule has 0 fully saturated rings. The molecule has 0 aliphatic rings. The molecule has 0 spiro atoms. The lowest BCUT2D eigenvalue weighted by Crippen LogP contribution is -2.24. The van der Waals surface area contributed by atoms with Crippen molar-refractivity contribution >= 4 is 24.0 Å². The number of nitrogens with two attached hydrogens (primary N) is 3. The molecule has 0 saturated heterocycles. The van der Waals surface area contributed by atoms with E-state index in [0.29, 0.717) is 6.42 Å². The molecular formula is C34H45N3O6. The first-order chi connectivity index (χ1) is 20.5. The Morgan fingerprint density at radius 1 is 0.558 bits per heavy atom. The van der Waals surface area contributed by atoms with Crippen molar-refractivity contribution in [1.82, 2.24) is 0 Å². The lowest BCUT2D eigenvalue weighted by Gasteiger charge is -2.08. The first-order valence-corrected chi connectivity index (χ1v) is 14.3. The zero-order valence-electron chi connectivity index (χ0n) is 24.5. The SMILES string of the molecule is N[C@@H](CC=Cc1ccccc1)CC(=O)O.N[C@@H](CCc1ccccc1)CC(=O)O.N[C@H](CCc1ccccc1)CC(=O)O. The standard InChI is InChI=1S/C12H15NO2.2C11H15NO2/c13-11(9-12(14)15)8-4-7-10-5-2-1-3-6-10;2*12-10(8-11(13)14)7-6-9-4-2-1-3-5-9/h1-7,11H,8-9,13H2,(H,14,15);2*1-5,10H,6-8,12H2,(H,13,14)/t11-;2*10-/m010/s1. The van der Waals surface area contributed by atoms with Gasteiger partial charge in [-0.2, -0.15) is 0 Å². The van der Waals surface area contributed by atoms with Crippen molar-refractivity contribution in [2.75, 3.05) is 0 Å². The van der Waals surface area contributed by atoms with Gasteiger partial charge in [-0.3, -0.25) is 14.4 Å². The molecular weight excluding hydrogens is 546 g/mol. The minimum atomic E-state index is -0.851. The van der Waals surface area contributed by atoms with E-state index in [-0.39, 0.29) is 37.4 Å². The fourth-order valence-electron chi connectivity index (χ4n) is 3.90. The van der Waals surface area contributed by atoms with Crippen LogP contribution in [0.25, 0.3) is 6.08 Å². The second kappa shape index (κ2) is 22.3. The molecule has 3 atom stereocenters. The van der Waals surface area contributed by atoms with Gasteiger partial charge in [-0.25, -0.2) is 0 Å². The quantitative estimate of drug-likeness (QED) is 0.145. The molecule has 0 unspecified atom stereocenters. The summed E-state index contributed by atoms with van der Waals surface area (Å²) < 4.78 is 0. The summed E-state index contributed by atoms with van der Waals surface area (Å²) in [5.74, 6) is -2.51. The van der Waals surface area contributed by atoms with Gasteiger partial charge >= 0.3 is 17.9 Å². The summed E-state index contributed by atoms with van der Waals surface area (Å²) in [5.41, 5.74) is 20.4. The van der Waals surface area contributed by atoms with Crippen LogP contribution in [0.1, 0.15) is 55.2 Å². The van der Waals surface area contributed by atoms with Crippen LogP contribution in [0.5, 0.6) is 0 Å². The maximum absolute atomic E-state index is 10.3. The number of carboxylic acid groups (broad SMARTS) is 3. The van der Waals surface area contributed by atoms with E-state index >= 15 is 0 Å². The molecule has 0 amide bonds. The Hall–Kier alpha value is -4.31. The van der Waals surface area contributed by atoms with Gasteiger partial charge in [0.2, 0.25) is 0 Å². The Kier molecular flexibility index (Phi) is 19.0. The van der Waals surface area contributed by atoms with E-state index in [0.717, 1.165) is 31.2 Å². The maximum atomic E-state index is 10.3. The van der Waals surface area contributed by atoms with Crippen molar-refractivity contribution in [2.45, 2.75) is 69.5 Å². The average molecular weight is 592 g/mol. The molecule has 0 heterocycles. The number of benzene rings is 3. The van der Waals surface area contributed by atoms with E-state index in [1.54, 1.807) is 0 Å². The smallest absolute Gasteiger partial charge is 0.304 e. The van der Waals surface area contributed by atoms with Crippen LogP contribution in [0, 0.1) is 0 Å². The van der Waals surface area contributed by atoms with Crippen LogP contribution < -0.4 is 17.2 Å². The van der Waals surface area contributed by atoms with Crippen LogP contribution in [0.15, 0.2) is 97.1 Å². The van der Waals surface area contributed by atoms with E-state index in [4.69, 9.17) is 32.5 Å². The van der Waals surface area contributed by atoms with E-state index in [2.05, 4.69) is 0 Å². The summed E-state index contributed by atoms with van der Waals surface area (Å²) in [4.78, 5) is 31.0. The van der Waals surface area contributed by atoms with Crippen molar-refractivity contribution in [2.24, 2.45) is 17.2 Å². The highest BCUT2D eigenvalue weighted by Crippen LogP contribution is 2.07. The van der Waals surface area contributed by atoms with Crippen LogP contribution in [0.3, 0.4) is 0 Å². The molecule has 0 aliphatic carbocycles. The monoisotopic (exact) mass is 591 g/mol. The lowest BCUT2D eigenvalue weighted by atomic mass is 10.0. The number of hydrogen-bond acceptors (Lipinski definition) is 6. The van der Waals surface area contributed by atoms with Gasteiger partial charge in [0.1, 0.15) is 0 Å². The largest absolute Gasteiger partial charge is 0.481 e. The van der Waals surface area contributed by atoms with Crippen LogP contribution in [0.4, 0.5) is 0 Å². The molecule has 0 radical (unpaired) electrons. The zero-order chi connectivity index (χ0) is 31.9. The van der Waals surface area contributed by atoms with Crippen molar-refractivity contribution in [3.8, 4) is 0 Å². The van der Waals surface area contributed by atoms with E-state index in [1.165, 1.54) is 11.1 Å². The van der Waals surface area contributed by atoms with Gasteiger partial charge in [0.05, 0.1) is 19.3 Å². The van der Waals surface area contributed by atoms with Crippen molar-refractivity contribution in [3.63, 3.8) is 0 Å². The Morgan fingerprint density at radius 3 is 1.28 bits per heavy atom. The van der Waals surface area contributed by atoms with Crippen LogP contribution in [-0.4, -0.2) is 51.4 Å². The van der Waals surface area contributed by atoms with Crippen LogP contribution >= 0.6 is 0 Å². The predicted octanol–water partition coefficient (Wildman–Crippen LogP) is 4.73. The number of hydrogen-bond donors (Lipinski definition) is 6. The number of rotatable bonds is 15.